The van der Waals surface area contributed by atoms with Gasteiger partial charge >= 0.3 is 0 Å². The lowest BCUT2D eigenvalue weighted by Gasteiger charge is -2.41. The fraction of sp³-hybridized carbons (Fsp3) is 0.581. The molecule has 5 unspecified atom stereocenters. The molecule has 5 atom stereocenters. The van der Waals surface area contributed by atoms with Crippen molar-refractivity contribution in [3.8, 4) is 5.75 Å². The Balaban J connectivity index is 1.48. The number of benzene rings is 2. The van der Waals surface area contributed by atoms with E-state index in [4.69, 9.17) is 16.3 Å². The van der Waals surface area contributed by atoms with Crippen LogP contribution >= 0.6 is 11.6 Å². The first kappa shape index (κ1) is 27.5. The standard InChI is InChI=1S/C31H41ClN2O3S/c1-3-6-23-15-27(32)12-13-28(23)26-18-34-17-25-10-9-22(25)8-5-4-7-21(2)20-38(36)33-31(35)24-11-14-30(37-19-26)29(34)16-24/h11-16,21-22,25-26H,3-10,17-20H2,1-2H3,(H,33,35). The molecule has 1 aliphatic carbocycles. The lowest BCUT2D eigenvalue weighted by atomic mass is 9.70. The van der Waals surface area contributed by atoms with Crippen LogP contribution in [0.2, 0.25) is 5.02 Å². The van der Waals surface area contributed by atoms with Gasteiger partial charge in [0.15, 0.2) is 0 Å². The van der Waals surface area contributed by atoms with Crippen LogP contribution < -0.4 is 14.4 Å². The van der Waals surface area contributed by atoms with Crippen molar-refractivity contribution < 1.29 is 13.7 Å². The number of anilines is 1. The summed E-state index contributed by atoms with van der Waals surface area (Å²) in [6, 6.07) is 11.9. The van der Waals surface area contributed by atoms with E-state index in [1.165, 1.54) is 36.8 Å². The Morgan fingerprint density at radius 3 is 2.66 bits per heavy atom. The van der Waals surface area contributed by atoms with Gasteiger partial charge in [0.05, 0.1) is 12.3 Å². The second kappa shape index (κ2) is 12.4. The summed E-state index contributed by atoms with van der Waals surface area (Å²) < 4.78 is 21.9. The number of fused-ring (bicyclic) bond motifs is 2. The number of nitrogens with zero attached hydrogens (tertiary/aromatic N) is 1. The molecule has 2 aromatic carbocycles. The van der Waals surface area contributed by atoms with Crippen LogP contribution in [0.1, 0.15) is 86.2 Å². The van der Waals surface area contributed by atoms with Crippen LogP contribution in [0.15, 0.2) is 36.4 Å². The minimum atomic E-state index is -1.38. The molecule has 3 aliphatic rings. The first-order valence-corrected chi connectivity index (χ1v) is 16.1. The SMILES string of the molecule is CCCc1cc(Cl)ccc1C1COc2ccc3cc2N(C1)CC1CCC1CCCCC(C)CS(=O)NC3=O. The number of carbonyl (C=O) groups excluding carboxylic acids is 1. The third-order valence-corrected chi connectivity index (χ3v) is 10.2. The van der Waals surface area contributed by atoms with E-state index in [1.54, 1.807) is 6.07 Å². The molecule has 2 aliphatic heterocycles. The molecule has 5 nitrogen and oxygen atoms in total. The Labute approximate surface area is 235 Å². The van der Waals surface area contributed by atoms with E-state index in [0.29, 0.717) is 29.8 Å². The maximum atomic E-state index is 13.1. The van der Waals surface area contributed by atoms with Crippen molar-refractivity contribution in [3.05, 3.63) is 58.1 Å². The molecule has 1 amide bonds. The summed E-state index contributed by atoms with van der Waals surface area (Å²) in [6.45, 7) is 6.74. The van der Waals surface area contributed by atoms with Crippen LogP contribution in [0.4, 0.5) is 5.69 Å². The molecule has 7 heteroatoms. The van der Waals surface area contributed by atoms with E-state index in [2.05, 4.69) is 35.6 Å². The van der Waals surface area contributed by atoms with E-state index in [-0.39, 0.29) is 11.8 Å². The lowest BCUT2D eigenvalue weighted by Crippen LogP contribution is -2.40. The summed E-state index contributed by atoms with van der Waals surface area (Å²) in [4.78, 5) is 15.6. The van der Waals surface area contributed by atoms with Crippen molar-refractivity contribution in [3.63, 3.8) is 0 Å². The molecule has 1 saturated carbocycles. The Morgan fingerprint density at radius 2 is 1.87 bits per heavy atom. The van der Waals surface area contributed by atoms with E-state index < -0.39 is 11.0 Å². The number of amides is 1. The van der Waals surface area contributed by atoms with Gasteiger partial charge in [0, 0.05) is 35.3 Å². The average molecular weight is 557 g/mol. The fourth-order valence-corrected chi connectivity index (χ4v) is 7.73. The molecule has 0 spiro atoms. The second-order valence-corrected chi connectivity index (χ2v) is 13.3. The Hall–Kier alpha value is -2.05. The predicted molar refractivity (Wildman–Crippen MR) is 157 cm³/mol. The van der Waals surface area contributed by atoms with E-state index in [9.17, 15) is 9.00 Å². The number of carbonyl (C=O) groups is 1. The number of hydrogen-bond acceptors (Lipinski definition) is 4. The fourth-order valence-electron chi connectivity index (χ4n) is 6.44. The first-order chi connectivity index (χ1) is 18.4. The van der Waals surface area contributed by atoms with Crippen LogP contribution in [0.5, 0.6) is 5.75 Å². The molecule has 1 N–H and O–H groups in total. The molecule has 38 heavy (non-hydrogen) atoms. The van der Waals surface area contributed by atoms with E-state index in [0.717, 1.165) is 61.2 Å². The van der Waals surface area contributed by atoms with Crippen molar-refractivity contribution in [2.75, 3.05) is 30.3 Å². The molecule has 5 rings (SSSR count). The maximum absolute atomic E-state index is 13.1. The highest BCUT2D eigenvalue weighted by Crippen LogP contribution is 2.43. The third-order valence-electron chi connectivity index (χ3n) is 8.70. The van der Waals surface area contributed by atoms with Gasteiger partial charge in [-0.1, -0.05) is 57.2 Å². The summed E-state index contributed by atoms with van der Waals surface area (Å²) >= 11 is 6.38. The number of ether oxygens (including phenoxy) is 1. The van der Waals surface area contributed by atoms with Crippen molar-refractivity contribution >= 4 is 34.2 Å². The number of rotatable bonds is 3. The van der Waals surface area contributed by atoms with Crippen LogP contribution in [0.25, 0.3) is 0 Å². The van der Waals surface area contributed by atoms with E-state index >= 15 is 0 Å². The minimum Gasteiger partial charge on any atom is -0.491 e. The Kier molecular flexibility index (Phi) is 8.99. The Morgan fingerprint density at radius 1 is 1.05 bits per heavy atom. The molecule has 0 radical (unpaired) electrons. The Bertz CT molecular complexity index is 1170. The molecule has 2 aromatic rings. The number of halogens is 1. The molecular weight excluding hydrogens is 516 g/mol. The number of hydrogen-bond donors (Lipinski definition) is 1. The normalized spacial score (nSPS) is 28.3. The summed E-state index contributed by atoms with van der Waals surface area (Å²) in [5.41, 5.74) is 4.12. The molecule has 2 heterocycles. The lowest BCUT2D eigenvalue weighted by molar-refractivity contribution is 0.0982. The molecule has 0 aromatic heterocycles. The zero-order chi connectivity index (χ0) is 26.6. The maximum Gasteiger partial charge on any atom is 0.263 e. The highest BCUT2D eigenvalue weighted by atomic mass is 35.5. The van der Waals surface area contributed by atoms with Gasteiger partial charge in [-0.25, -0.2) is 4.21 Å². The van der Waals surface area contributed by atoms with Crippen LogP contribution in [0, 0.1) is 17.8 Å². The van der Waals surface area contributed by atoms with Gasteiger partial charge in [-0.2, -0.15) is 0 Å². The van der Waals surface area contributed by atoms with Gasteiger partial charge in [0.25, 0.3) is 5.91 Å². The van der Waals surface area contributed by atoms with Crippen molar-refractivity contribution in [1.82, 2.24) is 4.72 Å². The van der Waals surface area contributed by atoms with Gasteiger partial charge in [-0.3, -0.25) is 9.52 Å². The predicted octanol–water partition coefficient (Wildman–Crippen LogP) is 6.90. The third kappa shape index (κ3) is 6.39. The largest absolute Gasteiger partial charge is 0.491 e. The summed E-state index contributed by atoms with van der Waals surface area (Å²) in [5, 5.41) is 0.778. The van der Waals surface area contributed by atoms with Gasteiger partial charge in [0.1, 0.15) is 16.7 Å². The quantitative estimate of drug-likeness (QED) is 0.446. The van der Waals surface area contributed by atoms with Crippen molar-refractivity contribution in [2.45, 2.75) is 71.1 Å². The molecule has 0 saturated heterocycles. The zero-order valence-electron chi connectivity index (χ0n) is 22.7. The van der Waals surface area contributed by atoms with Gasteiger partial charge in [-0.15, -0.1) is 0 Å². The molecular formula is C31H41ClN2O3S. The molecule has 206 valence electrons. The number of nitrogens with one attached hydrogen (secondary N) is 1. The topological polar surface area (TPSA) is 58.6 Å². The van der Waals surface area contributed by atoms with Crippen LogP contribution in [0.3, 0.4) is 0 Å². The highest BCUT2D eigenvalue weighted by molar-refractivity contribution is 7.83. The summed E-state index contributed by atoms with van der Waals surface area (Å²) in [7, 11) is -1.38. The van der Waals surface area contributed by atoms with Crippen LogP contribution in [-0.2, 0) is 17.4 Å². The summed E-state index contributed by atoms with van der Waals surface area (Å²) in [6.07, 6.45) is 9.35. The number of aryl methyl sites for hydroxylation is 1. The smallest absolute Gasteiger partial charge is 0.263 e. The van der Waals surface area contributed by atoms with Gasteiger partial charge in [-0.05, 0) is 84.9 Å². The molecule has 1 fully saturated rings. The zero-order valence-corrected chi connectivity index (χ0v) is 24.3. The first-order valence-electron chi connectivity index (χ1n) is 14.4. The highest BCUT2D eigenvalue weighted by Gasteiger charge is 2.35. The molecule has 2 bridgehead atoms. The van der Waals surface area contributed by atoms with Gasteiger partial charge in [0.2, 0.25) is 0 Å². The van der Waals surface area contributed by atoms with Crippen LogP contribution in [-0.4, -0.2) is 35.6 Å². The summed E-state index contributed by atoms with van der Waals surface area (Å²) in [5.74, 6) is 3.00. The average Bonchev–Trinajstić information content (AvgIpc) is 3.05. The van der Waals surface area contributed by atoms with Crippen molar-refractivity contribution in [1.29, 1.82) is 0 Å². The monoisotopic (exact) mass is 556 g/mol. The minimum absolute atomic E-state index is 0.205. The second-order valence-electron chi connectivity index (χ2n) is 11.6. The van der Waals surface area contributed by atoms with Crippen molar-refractivity contribution in [2.24, 2.45) is 17.8 Å². The van der Waals surface area contributed by atoms with E-state index in [1.807, 2.05) is 18.2 Å². The van der Waals surface area contributed by atoms with Gasteiger partial charge < -0.3 is 9.64 Å².